The zero-order valence-corrected chi connectivity index (χ0v) is 50.1. The van der Waals surface area contributed by atoms with E-state index in [1.165, 1.54) is 57.8 Å². The van der Waals surface area contributed by atoms with Gasteiger partial charge in [-0.3, -0.25) is 14.4 Å². The predicted octanol–water partition coefficient (Wildman–Crippen LogP) is 16.8. The monoisotopic (exact) mass is 1070 g/mol. The summed E-state index contributed by atoms with van der Waals surface area (Å²) in [4.78, 5) is 41.4. The third kappa shape index (κ3) is 22.4. The maximum absolute atomic E-state index is 13.8. The molecule has 0 unspecified atom stereocenters. The van der Waals surface area contributed by atoms with Gasteiger partial charge in [0.2, 0.25) is 0 Å². The number of aromatic hydroxyl groups is 3. The highest BCUT2D eigenvalue weighted by atomic mass is 32.1. The van der Waals surface area contributed by atoms with Crippen LogP contribution in [0.3, 0.4) is 0 Å². The fraction of sp³-hybridized carbons (Fsp3) is 0.662. The number of phenolic OH excluding ortho intramolecular Hbond substituents is 3. The van der Waals surface area contributed by atoms with Gasteiger partial charge in [0.05, 0.1) is 0 Å². The first kappa shape index (κ1) is 65.6. The van der Waals surface area contributed by atoms with Gasteiger partial charge in [0, 0.05) is 25.7 Å². The first-order valence-electron chi connectivity index (χ1n) is 29.2. The Balaban J connectivity index is 1.88. The van der Waals surface area contributed by atoms with Gasteiger partial charge in [-0.25, -0.2) is 0 Å². The number of carbonyl (C=O) groups excluding carboxylic acids is 3. The number of unbranched alkanes of at least 4 members (excludes halogenated alkanes) is 11. The molecule has 0 aromatic heterocycles. The Morgan fingerprint density at radius 3 is 0.882 bits per heavy atom. The van der Waals surface area contributed by atoms with Crippen LogP contribution in [0.2, 0.25) is 0 Å². The van der Waals surface area contributed by atoms with E-state index in [0.717, 1.165) is 69.3 Å². The minimum absolute atomic E-state index is 0.0421. The van der Waals surface area contributed by atoms with E-state index in [-0.39, 0.29) is 98.4 Å². The third-order valence-electron chi connectivity index (χ3n) is 14.7. The van der Waals surface area contributed by atoms with Crippen LogP contribution in [-0.4, -0.2) is 64.7 Å². The Morgan fingerprint density at radius 2 is 0.632 bits per heavy atom. The van der Waals surface area contributed by atoms with Gasteiger partial charge in [-0.05, 0) is 123 Å². The van der Waals surface area contributed by atoms with E-state index in [4.69, 9.17) is 31.2 Å². The number of esters is 3. The van der Waals surface area contributed by atoms with E-state index in [1.807, 2.05) is 119 Å². The molecule has 3 rings (SSSR count). The lowest BCUT2D eigenvalue weighted by molar-refractivity contribution is -0.164. The molecule has 3 aromatic carbocycles. The molecule has 0 spiro atoms. The molecular weight excluding hydrogens is 973 g/mol. The standard InChI is InChI=1S/C65H100O10S/c1-14-15-16-17-18-19-20-21-22-23-24-25-26-61(76)75-42-65(39-72-58(66)30-27-49-33-52(43(2)3)62(69)53(34-49)44(4)5,40-73-59(67)31-28-50-35-54(45(6)7)63(70)55(36-50)46(8)9)41-74-60(68)32-29-51-37-56(47(10)11)64(71)57(38-51)48(12)13/h33-38,43-48,69-71H,14-32,39-42H2,1-13H3. The zero-order valence-electron chi connectivity index (χ0n) is 49.3. The van der Waals surface area contributed by atoms with Crippen LogP contribution in [0.15, 0.2) is 36.4 Å². The Labute approximate surface area is 464 Å². The number of rotatable bonds is 36. The summed E-state index contributed by atoms with van der Waals surface area (Å²) in [6.45, 7) is 25.6. The molecule has 3 aromatic rings. The number of thiocarbonyl (C=S) groups is 1. The summed E-state index contributed by atoms with van der Waals surface area (Å²) in [6.07, 6.45) is 16.4. The van der Waals surface area contributed by atoms with Gasteiger partial charge >= 0.3 is 17.9 Å². The minimum Gasteiger partial charge on any atom is -0.507 e. The molecule has 11 heteroatoms. The summed E-state index contributed by atoms with van der Waals surface area (Å²) < 4.78 is 24.5. The van der Waals surface area contributed by atoms with Crippen LogP contribution in [0.25, 0.3) is 0 Å². The van der Waals surface area contributed by atoms with Crippen molar-refractivity contribution in [3.8, 4) is 17.2 Å². The highest BCUT2D eigenvalue weighted by Gasteiger charge is 2.38. The van der Waals surface area contributed by atoms with Crippen LogP contribution >= 0.6 is 12.2 Å². The van der Waals surface area contributed by atoms with Gasteiger partial charge < -0.3 is 34.3 Å². The van der Waals surface area contributed by atoms with Crippen molar-refractivity contribution in [3.05, 3.63) is 86.5 Å². The molecule has 0 aliphatic carbocycles. The topological polar surface area (TPSA) is 149 Å². The SMILES string of the molecule is CCCCCCCCCCCCCCC(=S)OCC(COC(=O)CCc1cc(C(C)C)c(O)c(C(C)C)c1)(COC(=O)CCc1cc(C(C)C)c(O)c(C(C)C)c1)COC(=O)CCc1cc(C(C)C)c(O)c(C(C)C)c1. The average molecular weight is 1070 g/mol. The van der Waals surface area contributed by atoms with E-state index in [0.29, 0.717) is 30.7 Å². The van der Waals surface area contributed by atoms with Gasteiger partial charge in [0.1, 0.15) is 49.1 Å². The van der Waals surface area contributed by atoms with Gasteiger partial charge in [-0.2, -0.15) is 0 Å². The molecule has 0 bridgehead atoms. The first-order valence-corrected chi connectivity index (χ1v) is 29.6. The van der Waals surface area contributed by atoms with Crippen molar-refractivity contribution in [1.82, 2.24) is 0 Å². The normalized spacial score (nSPS) is 11.9. The van der Waals surface area contributed by atoms with Crippen molar-refractivity contribution >= 4 is 35.2 Å². The molecule has 0 atom stereocenters. The van der Waals surface area contributed by atoms with Crippen LogP contribution in [0.1, 0.15) is 278 Å². The fourth-order valence-electron chi connectivity index (χ4n) is 9.63. The second-order valence-corrected chi connectivity index (χ2v) is 24.0. The lowest BCUT2D eigenvalue weighted by Crippen LogP contribution is -2.44. The number of carbonyl (C=O) groups is 3. The lowest BCUT2D eigenvalue weighted by atomic mass is 9.90. The van der Waals surface area contributed by atoms with Crippen molar-refractivity contribution in [2.24, 2.45) is 5.41 Å². The molecule has 0 amide bonds. The Hall–Kier alpha value is -4.64. The van der Waals surface area contributed by atoms with Crippen LogP contribution in [0, 0.1) is 5.41 Å². The van der Waals surface area contributed by atoms with Gasteiger partial charge in [-0.1, -0.05) is 197 Å². The van der Waals surface area contributed by atoms with Crippen molar-refractivity contribution in [2.45, 2.75) is 248 Å². The predicted molar refractivity (Wildman–Crippen MR) is 313 cm³/mol. The van der Waals surface area contributed by atoms with Crippen LogP contribution in [0.5, 0.6) is 17.2 Å². The van der Waals surface area contributed by atoms with Crippen LogP contribution in [0.4, 0.5) is 0 Å². The average Bonchev–Trinajstić information content (AvgIpc) is 3.36. The number of ether oxygens (including phenoxy) is 4. The van der Waals surface area contributed by atoms with Crippen molar-refractivity contribution in [2.75, 3.05) is 26.4 Å². The van der Waals surface area contributed by atoms with Gasteiger partial charge in [0.25, 0.3) is 0 Å². The molecule has 0 fully saturated rings. The van der Waals surface area contributed by atoms with E-state index in [9.17, 15) is 29.7 Å². The first-order chi connectivity index (χ1) is 36.0. The summed E-state index contributed by atoms with van der Waals surface area (Å²) in [5.74, 6) is -0.150. The summed E-state index contributed by atoms with van der Waals surface area (Å²) >= 11 is 5.80. The van der Waals surface area contributed by atoms with E-state index in [1.54, 1.807) is 0 Å². The summed E-state index contributed by atoms with van der Waals surface area (Å²) in [5.41, 5.74) is 6.36. The second kappa shape index (κ2) is 33.6. The van der Waals surface area contributed by atoms with Gasteiger partial charge in [0.15, 0.2) is 5.05 Å². The maximum Gasteiger partial charge on any atom is 0.306 e. The molecule has 3 N–H and O–H groups in total. The zero-order chi connectivity index (χ0) is 56.5. The van der Waals surface area contributed by atoms with Crippen LogP contribution in [-0.2, 0) is 52.6 Å². The summed E-state index contributed by atoms with van der Waals surface area (Å²) in [7, 11) is 0. The van der Waals surface area contributed by atoms with Crippen molar-refractivity contribution in [1.29, 1.82) is 0 Å². The molecule has 0 aliphatic rings. The molecule has 76 heavy (non-hydrogen) atoms. The smallest absolute Gasteiger partial charge is 0.306 e. The molecule has 426 valence electrons. The van der Waals surface area contributed by atoms with E-state index in [2.05, 4.69) is 6.92 Å². The quantitative estimate of drug-likeness (QED) is 0.0221. The Kier molecular flexibility index (Phi) is 29.0. The number of aryl methyl sites for hydroxylation is 3. The Bertz CT molecular complexity index is 1970. The second-order valence-electron chi connectivity index (χ2n) is 23.6. The summed E-state index contributed by atoms with van der Waals surface area (Å²) in [6, 6.07) is 11.7. The molecule has 10 nitrogen and oxygen atoms in total. The highest BCUT2D eigenvalue weighted by Crippen LogP contribution is 2.38. The Morgan fingerprint density at radius 1 is 0.395 bits per heavy atom. The van der Waals surface area contributed by atoms with Crippen LogP contribution < -0.4 is 0 Å². The number of phenols is 3. The minimum atomic E-state index is -1.32. The fourth-order valence-corrected chi connectivity index (χ4v) is 9.83. The largest absolute Gasteiger partial charge is 0.507 e. The molecule has 0 aliphatic heterocycles. The maximum atomic E-state index is 13.8. The van der Waals surface area contributed by atoms with Gasteiger partial charge in [-0.15, -0.1) is 0 Å². The molecule has 0 heterocycles. The lowest BCUT2D eigenvalue weighted by Gasteiger charge is -2.32. The number of hydrogen-bond acceptors (Lipinski definition) is 11. The molecule has 0 saturated heterocycles. The molecular formula is C65H100O10S. The van der Waals surface area contributed by atoms with E-state index >= 15 is 0 Å². The highest BCUT2D eigenvalue weighted by molar-refractivity contribution is 7.80. The number of benzene rings is 3. The van der Waals surface area contributed by atoms with Crippen molar-refractivity contribution in [3.63, 3.8) is 0 Å². The third-order valence-corrected chi connectivity index (χ3v) is 15.0. The number of hydrogen-bond donors (Lipinski definition) is 3. The molecule has 0 saturated carbocycles. The van der Waals surface area contributed by atoms with E-state index < -0.39 is 23.3 Å². The molecule has 0 radical (unpaired) electrons. The summed E-state index contributed by atoms with van der Waals surface area (Å²) in [5, 5.41) is 33.5. The van der Waals surface area contributed by atoms with Crippen molar-refractivity contribution < 1.29 is 48.7 Å².